The number of hydrogen-bond acceptors (Lipinski definition) is 5. The van der Waals surface area contributed by atoms with Crippen LogP contribution in [0, 0.1) is 0 Å². The second kappa shape index (κ2) is 6.94. The molecule has 1 heterocycles. The molecule has 3 amide bonds. The highest BCUT2D eigenvalue weighted by molar-refractivity contribution is 5.98. The first kappa shape index (κ1) is 13.6. The number of rotatable bonds is 4. The zero-order valence-corrected chi connectivity index (χ0v) is 10.0. The number of carbonyl (C=O) groups excluding carboxylic acids is 2. The molecule has 0 aliphatic rings. The van der Waals surface area contributed by atoms with Gasteiger partial charge in [-0.3, -0.25) is 9.78 Å². The van der Waals surface area contributed by atoms with E-state index in [1.54, 1.807) is 0 Å². The number of carbonyl (C=O) groups is 2. The molecule has 0 saturated heterocycles. The first-order valence-electron chi connectivity index (χ1n) is 5.24. The number of hydrogen-bond donors (Lipinski definition) is 3. The molecular formula is C10H14N6O2. The van der Waals surface area contributed by atoms with E-state index in [1.807, 2.05) is 13.8 Å². The number of amides is 3. The Morgan fingerprint density at radius 1 is 1.39 bits per heavy atom. The maximum absolute atomic E-state index is 11.4. The molecule has 18 heavy (non-hydrogen) atoms. The van der Waals surface area contributed by atoms with Crippen LogP contribution in [0.3, 0.4) is 0 Å². The number of hydrazone groups is 1. The Bertz CT molecular complexity index is 431. The summed E-state index contributed by atoms with van der Waals surface area (Å²) in [5.41, 5.74) is 2.35. The average Bonchev–Trinajstić information content (AvgIpc) is 2.34. The predicted octanol–water partition coefficient (Wildman–Crippen LogP) is -0.143. The standard InChI is InChI=1S/C10H14N6O2/c1-7(2)15-10(18)16-14-6-13-9(17)8-5-11-3-4-12-8/h3-7H,1-2H3,(H,13,14,17)(H2,15,16,18). The maximum atomic E-state index is 11.4. The molecule has 0 bridgehead atoms. The van der Waals surface area contributed by atoms with Gasteiger partial charge in [-0.15, -0.1) is 0 Å². The minimum Gasteiger partial charge on any atom is -0.335 e. The third-order valence-corrected chi connectivity index (χ3v) is 1.64. The third kappa shape index (κ3) is 5.01. The Labute approximate surface area is 104 Å². The van der Waals surface area contributed by atoms with Gasteiger partial charge in [-0.2, -0.15) is 5.10 Å². The summed E-state index contributed by atoms with van der Waals surface area (Å²) in [6, 6.07) is -0.440. The van der Waals surface area contributed by atoms with E-state index in [2.05, 4.69) is 31.1 Å². The van der Waals surface area contributed by atoms with Crippen molar-refractivity contribution in [3.63, 3.8) is 0 Å². The maximum Gasteiger partial charge on any atom is 0.335 e. The molecule has 8 nitrogen and oxygen atoms in total. The molecule has 0 atom stereocenters. The third-order valence-electron chi connectivity index (χ3n) is 1.64. The van der Waals surface area contributed by atoms with Gasteiger partial charge in [0.15, 0.2) is 0 Å². The smallest absolute Gasteiger partial charge is 0.335 e. The molecule has 96 valence electrons. The van der Waals surface area contributed by atoms with Gasteiger partial charge >= 0.3 is 6.03 Å². The van der Waals surface area contributed by atoms with Gasteiger partial charge in [0, 0.05) is 18.4 Å². The molecule has 0 radical (unpaired) electrons. The Morgan fingerprint density at radius 2 is 2.17 bits per heavy atom. The molecule has 0 aromatic carbocycles. The van der Waals surface area contributed by atoms with Crippen molar-refractivity contribution in [3.05, 3.63) is 24.3 Å². The monoisotopic (exact) mass is 250 g/mol. The first-order chi connectivity index (χ1) is 8.59. The van der Waals surface area contributed by atoms with Crippen LogP contribution in [0.25, 0.3) is 0 Å². The predicted molar refractivity (Wildman–Crippen MR) is 64.8 cm³/mol. The SMILES string of the molecule is CC(C)NC(=O)NN=CNC(=O)c1cnccn1. The molecule has 0 aliphatic carbocycles. The van der Waals surface area contributed by atoms with Crippen molar-refractivity contribution in [1.29, 1.82) is 0 Å². The van der Waals surface area contributed by atoms with Crippen LogP contribution in [0.15, 0.2) is 23.7 Å². The lowest BCUT2D eigenvalue weighted by Crippen LogP contribution is -2.37. The Balaban J connectivity index is 2.33. The summed E-state index contributed by atoms with van der Waals surface area (Å²) in [7, 11) is 0. The van der Waals surface area contributed by atoms with E-state index >= 15 is 0 Å². The van der Waals surface area contributed by atoms with E-state index in [-0.39, 0.29) is 11.7 Å². The van der Waals surface area contributed by atoms with Crippen LogP contribution in [0.5, 0.6) is 0 Å². The molecule has 0 fully saturated rings. The summed E-state index contributed by atoms with van der Waals surface area (Å²) in [6.07, 6.45) is 5.25. The van der Waals surface area contributed by atoms with Crippen LogP contribution in [0.4, 0.5) is 4.79 Å². The lowest BCUT2D eigenvalue weighted by atomic mass is 10.4. The minimum absolute atomic E-state index is 0.00869. The highest BCUT2D eigenvalue weighted by Gasteiger charge is 2.04. The summed E-state index contributed by atoms with van der Waals surface area (Å²) in [4.78, 5) is 30.1. The molecule has 3 N–H and O–H groups in total. The fourth-order valence-electron chi connectivity index (χ4n) is 0.967. The molecule has 0 unspecified atom stereocenters. The van der Waals surface area contributed by atoms with E-state index in [9.17, 15) is 9.59 Å². The Morgan fingerprint density at radius 3 is 2.78 bits per heavy atom. The molecule has 8 heteroatoms. The van der Waals surface area contributed by atoms with Gasteiger partial charge in [0.25, 0.3) is 5.91 Å². The van der Waals surface area contributed by atoms with Crippen LogP contribution in [-0.2, 0) is 0 Å². The normalized spacial score (nSPS) is 10.4. The lowest BCUT2D eigenvalue weighted by Gasteiger charge is -2.06. The number of aromatic nitrogens is 2. The minimum atomic E-state index is -0.460. The largest absolute Gasteiger partial charge is 0.335 e. The number of nitrogens with zero attached hydrogens (tertiary/aromatic N) is 3. The van der Waals surface area contributed by atoms with Crippen molar-refractivity contribution in [1.82, 2.24) is 26.0 Å². The van der Waals surface area contributed by atoms with Gasteiger partial charge in [-0.05, 0) is 13.8 Å². The van der Waals surface area contributed by atoms with E-state index in [0.717, 1.165) is 6.34 Å². The molecule has 1 rings (SSSR count). The van der Waals surface area contributed by atoms with E-state index in [1.165, 1.54) is 18.6 Å². The van der Waals surface area contributed by atoms with Crippen molar-refractivity contribution in [2.24, 2.45) is 5.10 Å². The van der Waals surface area contributed by atoms with Crippen LogP contribution in [0.1, 0.15) is 24.3 Å². The van der Waals surface area contributed by atoms with Gasteiger partial charge in [0.2, 0.25) is 0 Å². The van der Waals surface area contributed by atoms with Crippen LogP contribution >= 0.6 is 0 Å². The number of nitrogens with one attached hydrogen (secondary N) is 3. The summed E-state index contributed by atoms with van der Waals surface area (Å²) in [6.45, 7) is 3.64. The van der Waals surface area contributed by atoms with E-state index < -0.39 is 11.9 Å². The molecule has 0 saturated carbocycles. The molecule has 0 aliphatic heterocycles. The molecule has 1 aromatic heterocycles. The van der Waals surface area contributed by atoms with E-state index in [4.69, 9.17) is 0 Å². The van der Waals surface area contributed by atoms with Crippen molar-refractivity contribution >= 4 is 18.3 Å². The second-order valence-electron chi connectivity index (χ2n) is 3.56. The van der Waals surface area contributed by atoms with Crippen molar-refractivity contribution in [2.45, 2.75) is 19.9 Å². The summed E-state index contributed by atoms with van der Waals surface area (Å²) >= 11 is 0. The Kier molecular flexibility index (Phi) is 5.23. The molecular weight excluding hydrogens is 236 g/mol. The van der Waals surface area contributed by atoms with Gasteiger partial charge < -0.3 is 10.6 Å². The summed E-state index contributed by atoms with van der Waals surface area (Å²) < 4.78 is 0. The quantitative estimate of drug-likeness (QED) is 0.392. The van der Waals surface area contributed by atoms with Crippen molar-refractivity contribution in [3.8, 4) is 0 Å². The number of urea groups is 1. The van der Waals surface area contributed by atoms with Crippen molar-refractivity contribution < 1.29 is 9.59 Å². The van der Waals surface area contributed by atoms with E-state index in [0.29, 0.717) is 0 Å². The van der Waals surface area contributed by atoms with Gasteiger partial charge in [0.1, 0.15) is 12.0 Å². The zero-order chi connectivity index (χ0) is 13.4. The highest BCUT2D eigenvalue weighted by Crippen LogP contribution is 1.87. The van der Waals surface area contributed by atoms with Crippen LogP contribution < -0.4 is 16.1 Å². The topological polar surface area (TPSA) is 108 Å². The lowest BCUT2D eigenvalue weighted by molar-refractivity contribution is 0.0973. The summed E-state index contributed by atoms with van der Waals surface area (Å²) in [5, 5.41) is 8.42. The molecule has 1 aromatic rings. The van der Waals surface area contributed by atoms with Gasteiger partial charge in [0.05, 0.1) is 6.20 Å². The Hall–Kier alpha value is -2.51. The fraction of sp³-hybridized carbons (Fsp3) is 0.300. The zero-order valence-electron chi connectivity index (χ0n) is 10.0. The van der Waals surface area contributed by atoms with Gasteiger partial charge in [-0.25, -0.2) is 15.2 Å². The first-order valence-corrected chi connectivity index (χ1v) is 5.24. The summed E-state index contributed by atoms with van der Waals surface area (Å²) in [5.74, 6) is -0.460. The fourth-order valence-corrected chi connectivity index (χ4v) is 0.967. The average molecular weight is 250 g/mol. The molecule has 0 spiro atoms. The highest BCUT2D eigenvalue weighted by atomic mass is 16.2. The second-order valence-corrected chi connectivity index (χ2v) is 3.56. The van der Waals surface area contributed by atoms with Gasteiger partial charge in [-0.1, -0.05) is 0 Å². The van der Waals surface area contributed by atoms with Crippen LogP contribution in [0.2, 0.25) is 0 Å². The van der Waals surface area contributed by atoms with Crippen molar-refractivity contribution in [2.75, 3.05) is 0 Å². The van der Waals surface area contributed by atoms with Crippen LogP contribution in [-0.4, -0.2) is 34.3 Å².